The fourth-order valence-corrected chi connectivity index (χ4v) is 3.70. The Morgan fingerprint density at radius 2 is 1.95 bits per heavy atom. The van der Waals surface area contributed by atoms with E-state index in [-0.39, 0.29) is 4.99 Å². The summed E-state index contributed by atoms with van der Waals surface area (Å²) in [7, 11) is -1.92. The molecule has 1 aromatic carbocycles. The smallest absolute Gasteiger partial charge is 0.243 e. The lowest BCUT2D eigenvalue weighted by Gasteiger charge is -2.34. The molecule has 0 saturated heterocycles. The Balaban J connectivity index is 3.34. The fourth-order valence-electron chi connectivity index (χ4n) is 1.79. The van der Waals surface area contributed by atoms with Crippen molar-refractivity contribution in [2.75, 3.05) is 7.05 Å². The Kier molecular flexibility index (Phi) is 4.94. The number of aryl methyl sites for hydroxylation is 1. The maximum Gasteiger partial charge on any atom is 0.243 e. The highest BCUT2D eigenvalue weighted by molar-refractivity contribution is 7.89. The van der Waals surface area contributed by atoms with E-state index in [1.54, 1.807) is 32.2 Å². The van der Waals surface area contributed by atoms with Gasteiger partial charge in [0.15, 0.2) is 0 Å². The van der Waals surface area contributed by atoms with Crippen LogP contribution in [-0.2, 0) is 10.0 Å². The minimum absolute atomic E-state index is 0.263. The average Bonchev–Trinajstić information content (AvgIpc) is 2.37. The van der Waals surface area contributed by atoms with Crippen LogP contribution in [0.1, 0.15) is 38.3 Å². The molecule has 4 nitrogen and oxygen atoms in total. The molecular weight excluding hydrogens is 292 g/mol. The molecule has 1 aromatic rings. The molecule has 0 aliphatic carbocycles. The van der Waals surface area contributed by atoms with Crippen LogP contribution in [0, 0.1) is 6.92 Å². The first-order valence-corrected chi connectivity index (χ1v) is 8.28. The van der Waals surface area contributed by atoms with Gasteiger partial charge in [-0.05, 0) is 44.9 Å². The third-order valence-electron chi connectivity index (χ3n) is 3.82. The van der Waals surface area contributed by atoms with Crippen LogP contribution >= 0.6 is 12.2 Å². The Bertz CT molecular complexity index is 622. The predicted octanol–water partition coefficient (Wildman–Crippen LogP) is 2.44. The van der Waals surface area contributed by atoms with Gasteiger partial charge in [0.25, 0.3) is 0 Å². The molecule has 0 amide bonds. The summed E-state index contributed by atoms with van der Waals surface area (Å²) in [6, 6.07) is 4.93. The molecular formula is C14H22N2O2S2. The number of nitrogens with two attached hydrogens (primary N) is 1. The molecule has 1 rings (SSSR count). The molecule has 0 atom stereocenters. The summed E-state index contributed by atoms with van der Waals surface area (Å²) in [6.07, 6.45) is 0.729. The lowest BCUT2D eigenvalue weighted by atomic mass is 10.0. The van der Waals surface area contributed by atoms with Gasteiger partial charge < -0.3 is 5.73 Å². The maximum absolute atomic E-state index is 12.7. The van der Waals surface area contributed by atoms with Crippen molar-refractivity contribution in [3.05, 3.63) is 29.3 Å². The minimum atomic E-state index is -3.53. The molecule has 0 aromatic heterocycles. The lowest BCUT2D eigenvalue weighted by molar-refractivity contribution is 0.257. The van der Waals surface area contributed by atoms with Crippen molar-refractivity contribution in [1.82, 2.24) is 4.31 Å². The van der Waals surface area contributed by atoms with Crippen LogP contribution in [0.5, 0.6) is 0 Å². The number of hydrogen-bond donors (Lipinski definition) is 1. The maximum atomic E-state index is 12.7. The zero-order valence-corrected chi connectivity index (χ0v) is 14.2. The number of nitrogens with zero attached hydrogens (tertiary/aromatic N) is 1. The summed E-state index contributed by atoms with van der Waals surface area (Å²) in [4.78, 5) is 0.556. The van der Waals surface area contributed by atoms with Crippen molar-refractivity contribution in [3.63, 3.8) is 0 Å². The second-order valence-electron chi connectivity index (χ2n) is 5.48. The van der Waals surface area contributed by atoms with Crippen molar-refractivity contribution >= 4 is 27.2 Å². The van der Waals surface area contributed by atoms with E-state index < -0.39 is 15.6 Å². The van der Waals surface area contributed by atoms with Crippen molar-refractivity contribution in [2.24, 2.45) is 5.73 Å². The second-order valence-corrected chi connectivity index (χ2v) is 7.86. The molecule has 2 N–H and O–H groups in total. The Morgan fingerprint density at radius 1 is 1.40 bits per heavy atom. The highest BCUT2D eigenvalue weighted by atomic mass is 32.2. The predicted molar refractivity (Wildman–Crippen MR) is 86.4 cm³/mol. The Hall–Kier alpha value is -0.980. The second kappa shape index (κ2) is 5.79. The van der Waals surface area contributed by atoms with Gasteiger partial charge in [0.1, 0.15) is 4.99 Å². The van der Waals surface area contributed by atoms with Crippen molar-refractivity contribution in [1.29, 1.82) is 0 Å². The molecule has 0 spiro atoms. The zero-order chi connectivity index (χ0) is 15.7. The van der Waals surface area contributed by atoms with Crippen LogP contribution < -0.4 is 5.73 Å². The molecule has 20 heavy (non-hydrogen) atoms. The Labute approximate surface area is 127 Å². The Morgan fingerprint density at radius 3 is 2.35 bits per heavy atom. The normalized spacial score (nSPS) is 12.7. The highest BCUT2D eigenvalue weighted by Crippen LogP contribution is 2.27. The molecule has 112 valence electrons. The first-order chi connectivity index (χ1) is 9.04. The van der Waals surface area contributed by atoms with Gasteiger partial charge in [0.05, 0.1) is 4.90 Å². The summed E-state index contributed by atoms with van der Waals surface area (Å²) >= 11 is 4.91. The first-order valence-electron chi connectivity index (χ1n) is 6.43. The van der Waals surface area contributed by atoms with E-state index in [1.807, 2.05) is 20.8 Å². The molecule has 0 radical (unpaired) electrons. The average molecular weight is 314 g/mol. The van der Waals surface area contributed by atoms with Gasteiger partial charge in [-0.3, -0.25) is 0 Å². The van der Waals surface area contributed by atoms with Crippen LogP contribution in [0.15, 0.2) is 23.1 Å². The van der Waals surface area contributed by atoms with E-state index >= 15 is 0 Å². The number of benzene rings is 1. The largest absolute Gasteiger partial charge is 0.389 e. The van der Waals surface area contributed by atoms with Gasteiger partial charge in [0, 0.05) is 18.2 Å². The molecule has 0 heterocycles. The van der Waals surface area contributed by atoms with Gasteiger partial charge in [-0.1, -0.05) is 25.2 Å². The summed E-state index contributed by atoms with van der Waals surface area (Å²) in [5.74, 6) is 0. The molecule has 0 saturated carbocycles. The van der Waals surface area contributed by atoms with Crippen LogP contribution in [-0.4, -0.2) is 30.3 Å². The number of hydrogen-bond acceptors (Lipinski definition) is 3. The van der Waals surface area contributed by atoms with E-state index in [0.717, 1.165) is 6.42 Å². The topological polar surface area (TPSA) is 63.4 Å². The monoisotopic (exact) mass is 314 g/mol. The molecule has 0 bridgehead atoms. The van der Waals surface area contributed by atoms with E-state index in [0.29, 0.717) is 16.0 Å². The SMILES string of the molecule is CCC(C)(C)N(C)S(=O)(=O)c1ccc(C(N)=S)cc1C. The summed E-state index contributed by atoms with van der Waals surface area (Å²) < 4.78 is 26.8. The van der Waals surface area contributed by atoms with Crippen molar-refractivity contribution in [3.8, 4) is 0 Å². The van der Waals surface area contributed by atoms with E-state index in [4.69, 9.17) is 18.0 Å². The molecule has 0 unspecified atom stereocenters. The van der Waals surface area contributed by atoms with E-state index in [9.17, 15) is 8.42 Å². The van der Waals surface area contributed by atoms with Crippen molar-refractivity contribution < 1.29 is 8.42 Å². The number of sulfonamides is 1. The van der Waals surface area contributed by atoms with Crippen molar-refractivity contribution in [2.45, 2.75) is 44.6 Å². The third kappa shape index (κ3) is 3.19. The molecule has 0 aliphatic heterocycles. The van der Waals surface area contributed by atoms with Gasteiger partial charge in [-0.2, -0.15) is 4.31 Å². The standard InChI is InChI=1S/C14H22N2O2S2/c1-6-14(3,4)16(5)20(17,18)12-8-7-11(13(15)19)9-10(12)2/h7-9H,6H2,1-5H3,(H2,15,19). The summed E-state index contributed by atoms with van der Waals surface area (Å²) in [5.41, 5.74) is 6.45. The van der Waals surface area contributed by atoms with Gasteiger partial charge in [-0.25, -0.2) is 8.42 Å². The van der Waals surface area contributed by atoms with Crippen LogP contribution in [0.3, 0.4) is 0 Å². The van der Waals surface area contributed by atoms with Gasteiger partial charge in [-0.15, -0.1) is 0 Å². The summed E-state index contributed by atoms with van der Waals surface area (Å²) in [6.45, 7) is 7.53. The van der Waals surface area contributed by atoms with Gasteiger partial charge >= 0.3 is 0 Å². The summed E-state index contributed by atoms with van der Waals surface area (Å²) in [5, 5.41) is 0. The highest BCUT2D eigenvalue weighted by Gasteiger charge is 2.33. The first kappa shape index (κ1) is 17.1. The van der Waals surface area contributed by atoms with Crippen LogP contribution in [0.25, 0.3) is 0 Å². The zero-order valence-electron chi connectivity index (χ0n) is 12.6. The van der Waals surface area contributed by atoms with Crippen LogP contribution in [0.4, 0.5) is 0 Å². The molecule has 0 aliphatic rings. The third-order valence-corrected chi connectivity index (χ3v) is 6.28. The lowest BCUT2D eigenvalue weighted by Crippen LogP contribution is -2.44. The van der Waals surface area contributed by atoms with Gasteiger partial charge in [0.2, 0.25) is 10.0 Å². The van der Waals surface area contributed by atoms with E-state index in [2.05, 4.69) is 0 Å². The molecule has 6 heteroatoms. The minimum Gasteiger partial charge on any atom is -0.389 e. The van der Waals surface area contributed by atoms with E-state index in [1.165, 1.54) is 4.31 Å². The number of thiocarbonyl (C=S) groups is 1. The number of rotatable bonds is 5. The van der Waals surface area contributed by atoms with Crippen LogP contribution in [0.2, 0.25) is 0 Å². The fraction of sp³-hybridized carbons (Fsp3) is 0.500. The molecule has 0 fully saturated rings. The quantitative estimate of drug-likeness (QED) is 0.848.